The lowest BCUT2D eigenvalue weighted by atomic mass is 9.67. The van der Waals surface area contributed by atoms with Crippen LogP contribution in [-0.2, 0) is 12.1 Å². The Morgan fingerprint density at radius 3 is 2.56 bits per heavy atom. The number of nitrogens with zero attached hydrogens (tertiary/aromatic N) is 1. The summed E-state index contributed by atoms with van der Waals surface area (Å²) < 4.78 is 10.8. The summed E-state index contributed by atoms with van der Waals surface area (Å²) in [6, 6.07) is 16.3. The molecule has 4 heteroatoms. The molecule has 2 aromatic rings. The van der Waals surface area contributed by atoms with Crippen molar-refractivity contribution in [2.75, 3.05) is 27.3 Å². The predicted octanol–water partition coefficient (Wildman–Crippen LogP) is 3.82. The highest BCUT2D eigenvalue weighted by Crippen LogP contribution is 2.50. The molecule has 0 spiro atoms. The summed E-state index contributed by atoms with van der Waals surface area (Å²) in [5.41, 5.74) is 1.44. The van der Waals surface area contributed by atoms with Crippen LogP contribution in [0.1, 0.15) is 30.4 Å². The second kappa shape index (κ2) is 7.53. The Balaban J connectivity index is 1.54. The number of benzene rings is 2. The van der Waals surface area contributed by atoms with Gasteiger partial charge in [0.2, 0.25) is 0 Å². The molecule has 0 bridgehead atoms. The molecule has 1 heterocycles. The predicted molar refractivity (Wildman–Crippen MR) is 106 cm³/mol. The molecule has 4 nitrogen and oxygen atoms in total. The van der Waals surface area contributed by atoms with Gasteiger partial charge in [0.1, 0.15) is 11.5 Å². The van der Waals surface area contributed by atoms with Crippen molar-refractivity contribution in [2.45, 2.75) is 31.4 Å². The van der Waals surface area contributed by atoms with Crippen LogP contribution in [0.3, 0.4) is 0 Å². The van der Waals surface area contributed by atoms with Crippen LogP contribution in [0.5, 0.6) is 11.5 Å². The first kappa shape index (κ1) is 18.3. The number of hydrogen-bond donors (Lipinski definition) is 1. The van der Waals surface area contributed by atoms with Crippen LogP contribution in [0.15, 0.2) is 48.5 Å². The van der Waals surface area contributed by atoms with Gasteiger partial charge in [0.05, 0.1) is 19.8 Å². The standard InChI is InChI=1S/C23H29NO3/c1-26-19-11-9-17(10-12-19)14-24-15-18-6-5-13-23(25,21(18)16-24)20-7-3-4-8-22(20)27-2/h3-4,7-12,18,21,25H,5-6,13-16H2,1-2H3/t18-,21-,23+/m1/s1. The molecule has 2 aromatic carbocycles. The van der Waals surface area contributed by atoms with E-state index >= 15 is 0 Å². The van der Waals surface area contributed by atoms with Gasteiger partial charge in [-0.2, -0.15) is 0 Å². The summed E-state index contributed by atoms with van der Waals surface area (Å²) in [4.78, 5) is 2.49. The van der Waals surface area contributed by atoms with Crippen LogP contribution in [0, 0.1) is 11.8 Å². The first-order valence-electron chi connectivity index (χ1n) is 9.85. The zero-order valence-electron chi connectivity index (χ0n) is 16.2. The lowest BCUT2D eigenvalue weighted by molar-refractivity contribution is -0.0662. The third kappa shape index (κ3) is 3.44. The highest BCUT2D eigenvalue weighted by Gasteiger charge is 2.50. The monoisotopic (exact) mass is 367 g/mol. The van der Waals surface area contributed by atoms with Crippen molar-refractivity contribution >= 4 is 0 Å². The van der Waals surface area contributed by atoms with Gasteiger partial charge in [-0.05, 0) is 48.9 Å². The van der Waals surface area contributed by atoms with E-state index in [1.54, 1.807) is 14.2 Å². The van der Waals surface area contributed by atoms with Crippen molar-refractivity contribution in [3.05, 3.63) is 59.7 Å². The molecule has 144 valence electrons. The molecule has 0 unspecified atom stereocenters. The molecule has 1 saturated carbocycles. The lowest BCUT2D eigenvalue weighted by Gasteiger charge is -2.42. The van der Waals surface area contributed by atoms with Crippen LogP contribution in [0.4, 0.5) is 0 Å². The molecular formula is C23H29NO3. The van der Waals surface area contributed by atoms with Gasteiger partial charge in [0.25, 0.3) is 0 Å². The van der Waals surface area contributed by atoms with Gasteiger partial charge < -0.3 is 14.6 Å². The minimum absolute atomic E-state index is 0.251. The van der Waals surface area contributed by atoms with Crippen LogP contribution < -0.4 is 9.47 Å². The molecule has 3 atom stereocenters. The first-order chi connectivity index (χ1) is 13.1. The zero-order valence-corrected chi connectivity index (χ0v) is 16.2. The van der Waals surface area contributed by atoms with Crippen molar-refractivity contribution in [3.8, 4) is 11.5 Å². The number of rotatable bonds is 5. The largest absolute Gasteiger partial charge is 0.497 e. The zero-order chi connectivity index (χ0) is 18.9. The van der Waals surface area contributed by atoms with E-state index in [0.29, 0.717) is 5.92 Å². The molecule has 27 heavy (non-hydrogen) atoms. The van der Waals surface area contributed by atoms with Crippen molar-refractivity contribution < 1.29 is 14.6 Å². The van der Waals surface area contributed by atoms with Gasteiger partial charge in [-0.3, -0.25) is 4.90 Å². The van der Waals surface area contributed by atoms with E-state index in [0.717, 1.165) is 49.5 Å². The van der Waals surface area contributed by atoms with E-state index in [2.05, 4.69) is 17.0 Å². The van der Waals surface area contributed by atoms with Crippen molar-refractivity contribution in [1.29, 1.82) is 0 Å². The van der Waals surface area contributed by atoms with Gasteiger partial charge >= 0.3 is 0 Å². The summed E-state index contributed by atoms with van der Waals surface area (Å²) in [6.07, 6.45) is 3.07. The maximum atomic E-state index is 11.8. The average molecular weight is 367 g/mol. The van der Waals surface area contributed by atoms with Crippen molar-refractivity contribution in [3.63, 3.8) is 0 Å². The molecule has 1 aliphatic carbocycles. The van der Waals surface area contributed by atoms with Crippen LogP contribution in [0.25, 0.3) is 0 Å². The van der Waals surface area contributed by atoms with Crippen LogP contribution >= 0.6 is 0 Å². The second-order valence-electron chi connectivity index (χ2n) is 7.93. The number of para-hydroxylation sites is 1. The third-order valence-corrected chi connectivity index (χ3v) is 6.40. The SMILES string of the molecule is COc1ccc(CN2C[C@H]3CCC[C@](O)(c4ccccc4OC)[C@@H]3C2)cc1. The number of ether oxygens (including phenoxy) is 2. The summed E-state index contributed by atoms with van der Waals surface area (Å²) in [5, 5.41) is 11.8. The molecule has 1 N–H and O–H groups in total. The minimum Gasteiger partial charge on any atom is -0.497 e. The second-order valence-corrected chi connectivity index (χ2v) is 7.93. The van der Waals surface area contributed by atoms with Gasteiger partial charge in [0.15, 0.2) is 0 Å². The number of likely N-dealkylation sites (tertiary alicyclic amines) is 1. The third-order valence-electron chi connectivity index (χ3n) is 6.40. The molecule has 4 rings (SSSR count). The van der Waals surface area contributed by atoms with E-state index < -0.39 is 5.60 Å². The maximum absolute atomic E-state index is 11.8. The Morgan fingerprint density at radius 2 is 1.81 bits per heavy atom. The molecule has 2 fully saturated rings. The number of methoxy groups -OCH3 is 2. The fourth-order valence-corrected chi connectivity index (χ4v) is 5.07. The maximum Gasteiger partial charge on any atom is 0.124 e. The highest BCUT2D eigenvalue weighted by atomic mass is 16.5. The quantitative estimate of drug-likeness (QED) is 0.872. The minimum atomic E-state index is -0.801. The van der Waals surface area contributed by atoms with E-state index in [1.807, 2.05) is 36.4 Å². The molecule has 1 saturated heterocycles. The molecular weight excluding hydrogens is 338 g/mol. The first-order valence-corrected chi connectivity index (χ1v) is 9.85. The topological polar surface area (TPSA) is 41.9 Å². The summed E-state index contributed by atoms with van der Waals surface area (Å²) >= 11 is 0. The summed E-state index contributed by atoms with van der Waals surface area (Å²) in [7, 11) is 3.38. The number of hydrogen-bond acceptors (Lipinski definition) is 4. The molecule has 0 radical (unpaired) electrons. The van der Waals surface area contributed by atoms with Gasteiger partial charge in [-0.25, -0.2) is 0 Å². The molecule has 0 amide bonds. The van der Waals surface area contributed by atoms with Gasteiger partial charge in [-0.15, -0.1) is 0 Å². The number of fused-ring (bicyclic) bond motifs is 1. The average Bonchev–Trinajstić information content (AvgIpc) is 3.13. The van der Waals surface area contributed by atoms with Gasteiger partial charge in [-0.1, -0.05) is 30.3 Å². The Labute approximate surface area is 161 Å². The van der Waals surface area contributed by atoms with E-state index in [4.69, 9.17) is 9.47 Å². The van der Waals surface area contributed by atoms with Crippen LogP contribution in [-0.4, -0.2) is 37.3 Å². The van der Waals surface area contributed by atoms with E-state index in [9.17, 15) is 5.11 Å². The van der Waals surface area contributed by atoms with Gasteiger partial charge in [0, 0.05) is 31.1 Å². The lowest BCUT2D eigenvalue weighted by Crippen LogP contribution is -2.43. The fourth-order valence-electron chi connectivity index (χ4n) is 5.07. The molecule has 1 aliphatic heterocycles. The Kier molecular flexibility index (Phi) is 5.11. The smallest absolute Gasteiger partial charge is 0.124 e. The number of aliphatic hydroxyl groups is 1. The molecule has 0 aromatic heterocycles. The Bertz CT molecular complexity index is 775. The van der Waals surface area contributed by atoms with Crippen molar-refractivity contribution in [1.82, 2.24) is 4.90 Å². The van der Waals surface area contributed by atoms with Crippen LogP contribution in [0.2, 0.25) is 0 Å². The Morgan fingerprint density at radius 1 is 1.04 bits per heavy atom. The highest BCUT2D eigenvalue weighted by molar-refractivity contribution is 5.39. The summed E-state index contributed by atoms with van der Waals surface area (Å²) in [5.74, 6) is 2.47. The fraction of sp³-hybridized carbons (Fsp3) is 0.478. The van der Waals surface area contributed by atoms with E-state index in [1.165, 1.54) is 12.0 Å². The Hall–Kier alpha value is -2.04. The molecule has 2 aliphatic rings. The van der Waals surface area contributed by atoms with Crippen molar-refractivity contribution in [2.24, 2.45) is 11.8 Å². The van der Waals surface area contributed by atoms with E-state index in [-0.39, 0.29) is 5.92 Å². The summed E-state index contributed by atoms with van der Waals surface area (Å²) in [6.45, 7) is 2.89. The normalized spacial score (nSPS) is 28.0.